The predicted molar refractivity (Wildman–Crippen MR) is 68.4 cm³/mol. The number of nitrogens with one attached hydrogen (secondary N) is 1. The Kier molecular flexibility index (Phi) is 2.71. The molecular formula is C14H8F2N2O2. The Labute approximate surface area is 111 Å². The van der Waals surface area contributed by atoms with Gasteiger partial charge in [0, 0.05) is 10.9 Å². The van der Waals surface area contributed by atoms with Crippen molar-refractivity contribution in [2.24, 2.45) is 0 Å². The van der Waals surface area contributed by atoms with E-state index >= 15 is 0 Å². The van der Waals surface area contributed by atoms with Gasteiger partial charge in [-0.1, -0.05) is 18.2 Å². The number of rotatable bonds is 2. The Balaban J connectivity index is 2.24. The van der Waals surface area contributed by atoms with Crippen LogP contribution in [0.1, 0.15) is 10.5 Å². The summed E-state index contributed by atoms with van der Waals surface area (Å²) in [6, 6.07) is 8.47. The van der Waals surface area contributed by atoms with Crippen molar-refractivity contribution in [2.45, 2.75) is 0 Å². The van der Waals surface area contributed by atoms with E-state index in [0.29, 0.717) is 16.5 Å². The van der Waals surface area contributed by atoms with Crippen molar-refractivity contribution in [1.82, 2.24) is 10.2 Å². The second-order valence-corrected chi connectivity index (χ2v) is 4.24. The van der Waals surface area contributed by atoms with Gasteiger partial charge in [-0.25, -0.2) is 13.6 Å². The lowest BCUT2D eigenvalue weighted by Gasteiger charge is -2.04. The summed E-state index contributed by atoms with van der Waals surface area (Å²) < 4.78 is 27.0. The number of H-pyrrole nitrogens is 1. The monoisotopic (exact) mass is 274 g/mol. The van der Waals surface area contributed by atoms with E-state index in [1.807, 2.05) is 0 Å². The molecule has 2 aromatic carbocycles. The Morgan fingerprint density at radius 1 is 1.20 bits per heavy atom. The third kappa shape index (κ3) is 1.82. The van der Waals surface area contributed by atoms with Crippen LogP contribution in [0, 0.1) is 11.6 Å². The molecule has 0 saturated heterocycles. The van der Waals surface area contributed by atoms with Crippen molar-refractivity contribution in [3.63, 3.8) is 0 Å². The summed E-state index contributed by atoms with van der Waals surface area (Å²) in [5.74, 6) is -3.10. The lowest BCUT2D eigenvalue weighted by atomic mass is 10.0. The Hall–Kier alpha value is -2.76. The number of benzene rings is 2. The number of carbonyl (C=O) groups is 1. The quantitative estimate of drug-likeness (QED) is 0.754. The fourth-order valence-electron chi connectivity index (χ4n) is 2.07. The zero-order valence-electron chi connectivity index (χ0n) is 10.0. The van der Waals surface area contributed by atoms with Crippen molar-refractivity contribution in [3.05, 3.63) is 53.7 Å². The molecule has 6 heteroatoms. The minimum atomic E-state index is -1.19. The summed E-state index contributed by atoms with van der Waals surface area (Å²) in [4.78, 5) is 11.0. The molecule has 3 rings (SSSR count). The van der Waals surface area contributed by atoms with Crippen LogP contribution in [-0.4, -0.2) is 21.3 Å². The van der Waals surface area contributed by atoms with Gasteiger partial charge in [0.1, 0.15) is 0 Å². The van der Waals surface area contributed by atoms with Gasteiger partial charge in [0.05, 0.1) is 5.52 Å². The number of aromatic amines is 1. The third-order valence-electron chi connectivity index (χ3n) is 3.03. The van der Waals surface area contributed by atoms with E-state index in [1.165, 1.54) is 18.2 Å². The zero-order valence-corrected chi connectivity index (χ0v) is 10.0. The van der Waals surface area contributed by atoms with Crippen molar-refractivity contribution >= 4 is 16.9 Å². The number of nitrogens with zero attached hydrogens (tertiary/aromatic N) is 1. The van der Waals surface area contributed by atoms with Gasteiger partial charge in [0.25, 0.3) is 0 Å². The molecule has 0 amide bonds. The van der Waals surface area contributed by atoms with Crippen molar-refractivity contribution in [3.8, 4) is 11.1 Å². The van der Waals surface area contributed by atoms with Gasteiger partial charge in [0.15, 0.2) is 17.3 Å². The van der Waals surface area contributed by atoms with Crippen molar-refractivity contribution in [2.75, 3.05) is 0 Å². The van der Waals surface area contributed by atoms with Crippen LogP contribution in [-0.2, 0) is 0 Å². The molecule has 0 aliphatic heterocycles. The highest BCUT2D eigenvalue weighted by Gasteiger charge is 2.15. The standard InChI is InChI=1S/C14H8F2N2O2/c15-10-3-1-2-8(12(10)16)7-4-5-11-9(6-7)13(14(19)20)18-17-11/h1-6H,(H,17,18)(H,19,20). The van der Waals surface area contributed by atoms with Crippen LogP contribution in [0.25, 0.3) is 22.0 Å². The summed E-state index contributed by atoms with van der Waals surface area (Å²) in [5, 5.41) is 15.6. The second kappa shape index (κ2) is 4.41. The number of hydrogen-bond acceptors (Lipinski definition) is 2. The number of aromatic nitrogens is 2. The molecule has 3 aromatic rings. The first kappa shape index (κ1) is 12.3. The van der Waals surface area contributed by atoms with Gasteiger partial charge in [-0.3, -0.25) is 5.10 Å². The fourth-order valence-corrected chi connectivity index (χ4v) is 2.07. The summed E-state index contributed by atoms with van der Waals surface area (Å²) in [5.41, 5.74) is 0.824. The number of aromatic carboxylic acids is 1. The van der Waals surface area contributed by atoms with E-state index in [9.17, 15) is 13.6 Å². The zero-order chi connectivity index (χ0) is 14.3. The topological polar surface area (TPSA) is 66.0 Å². The molecule has 4 nitrogen and oxygen atoms in total. The van der Waals surface area contributed by atoms with E-state index in [-0.39, 0.29) is 11.3 Å². The molecule has 0 fully saturated rings. The normalized spacial score (nSPS) is 10.9. The number of halogens is 2. The molecule has 1 aromatic heterocycles. The minimum absolute atomic E-state index is 0.0736. The molecule has 100 valence electrons. The molecular weight excluding hydrogens is 266 g/mol. The first-order chi connectivity index (χ1) is 9.58. The summed E-state index contributed by atoms with van der Waals surface area (Å²) in [6.45, 7) is 0. The summed E-state index contributed by atoms with van der Waals surface area (Å²) in [7, 11) is 0. The first-order valence-electron chi connectivity index (χ1n) is 5.73. The fraction of sp³-hybridized carbons (Fsp3) is 0. The van der Waals surface area contributed by atoms with E-state index in [2.05, 4.69) is 10.2 Å². The van der Waals surface area contributed by atoms with E-state index in [4.69, 9.17) is 5.11 Å². The lowest BCUT2D eigenvalue weighted by molar-refractivity contribution is 0.0692. The Bertz CT molecular complexity index is 827. The van der Waals surface area contributed by atoms with E-state index in [1.54, 1.807) is 12.1 Å². The number of fused-ring (bicyclic) bond motifs is 1. The molecule has 0 saturated carbocycles. The summed E-state index contributed by atoms with van der Waals surface area (Å²) in [6.07, 6.45) is 0. The number of carboxylic acid groups (broad SMARTS) is 1. The van der Waals surface area contributed by atoms with Gasteiger partial charge in [-0.2, -0.15) is 5.10 Å². The average Bonchev–Trinajstić information content (AvgIpc) is 2.85. The van der Waals surface area contributed by atoms with Gasteiger partial charge >= 0.3 is 5.97 Å². The average molecular weight is 274 g/mol. The smallest absolute Gasteiger partial charge is 0.357 e. The Morgan fingerprint density at radius 2 is 2.00 bits per heavy atom. The molecule has 1 heterocycles. The number of carboxylic acids is 1. The molecule has 0 aliphatic carbocycles. The second-order valence-electron chi connectivity index (χ2n) is 4.24. The predicted octanol–water partition coefficient (Wildman–Crippen LogP) is 3.21. The van der Waals surface area contributed by atoms with Gasteiger partial charge in [-0.15, -0.1) is 0 Å². The molecule has 0 radical (unpaired) electrons. The van der Waals surface area contributed by atoms with E-state index < -0.39 is 17.6 Å². The number of hydrogen-bond donors (Lipinski definition) is 2. The molecule has 0 atom stereocenters. The minimum Gasteiger partial charge on any atom is -0.476 e. The van der Waals surface area contributed by atoms with Crippen LogP contribution < -0.4 is 0 Å². The van der Waals surface area contributed by atoms with Crippen LogP contribution in [0.15, 0.2) is 36.4 Å². The molecule has 0 spiro atoms. The molecule has 0 unspecified atom stereocenters. The van der Waals surface area contributed by atoms with Gasteiger partial charge in [-0.05, 0) is 23.8 Å². The largest absolute Gasteiger partial charge is 0.476 e. The van der Waals surface area contributed by atoms with Crippen LogP contribution in [0.2, 0.25) is 0 Å². The first-order valence-corrected chi connectivity index (χ1v) is 5.73. The van der Waals surface area contributed by atoms with E-state index in [0.717, 1.165) is 6.07 Å². The maximum Gasteiger partial charge on any atom is 0.357 e. The van der Waals surface area contributed by atoms with Crippen molar-refractivity contribution in [1.29, 1.82) is 0 Å². The molecule has 0 aliphatic rings. The highest BCUT2D eigenvalue weighted by atomic mass is 19.2. The van der Waals surface area contributed by atoms with Crippen LogP contribution >= 0.6 is 0 Å². The van der Waals surface area contributed by atoms with Crippen LogP contribution in [0.3, 0.4) is 0 Å². The van der Waals surface area contributed by atoms with Gasteiger partial charge in [0.2, 0.25) is 0 Å². The van der Waals surface area contributed by atoms with Crippen LogP contribution in [0.4, 0.5) is 8.78 Å². The Morgan fingerprint density at radius 3 is 2.75 bits per heavy atom. The highest BCUT2D eigenvalue weighted by Crippen LogP contribution is 2.28. The third-order valence-corrected chi connectivity index (χ3v) is 3.03. The maximum absolute atomic E-state index is 13.8. The molecule has 0 bridgehead atoms. The van der Waals surface area contributed by atoms with Crippen LogP contribution in [0.5, 0.6) is 0 Å². The van der Waals surface area contributed by atoms with Gasteiger partial charge < -0.3 is 5.11 Å². The molecule has 2 N–H and O–H groups in total. The summed E-state index contributed by atoms with van der Waals surface area (Å²) >= 11 is 0. The SMILES string of the molecule is O=C(O)c1n[nH]c2ccc(-c3cccc(F)c3F)cc12. The highest BCUT2D eigenvalue weighted by molar-refractivity contribution is 6.02. The molecule has 20 heavy (non-hydrogen) atoms. The van der Waals surface area contributed by atoms with Crippen molar-refractivity contribution < 1.29 is 18.7 Å². The maximum atomic E-state index is 13.8. The lowest BCUT2D eigenvalue weighted by Crippen LogP contribution is -1.97.